The van der Waals surface area contributed by atoms with Crippen LogP contribution in [0.2, 0.25) is 0 Å². The highest BCUT2D eigenvalue weighted by atomic mass is 16.3. The molecule has 0 N–H and O–H groups in total. The van der Waals surface area contributed by atoms with Crippen LogP contribution in [-0.2, 0) is 5.41 Å². The molecule has 0 spiro atoms. The second-order valence-corrected chi connectivity index (χ2v) is 18.5. The van der Waals surface area contributed by atoms with E-state index in [0.29, 0.717) is 5.92 Å². The molecule has 2 heteroatoms. The Morgan fingerprint density at radius 3 is 1.66 bits per heavy atom. The Morgan fingerprint density at radius 1 is 0.388 bits per heavy atom. The Morgan fingerprint density at radius 2 is 0.910 bits per heavy atom. The quantitative estimate of drug-likeness (QED) is 0.151. The van der Waals surface area contributed by atoms with Crippen molar-refractivity contribution in [2.45, 2.75) is 43.4 Å². The minimum Gasteiger partial charge on any atom is -0.454 e. The van der Waals surface area contributed by atoms with E-state index in [1.54, 1.807) is 0 Å². The number of para-hydroxylation sites is 4. The Bertz CT molecular complexity index is 3590. The number of anilines is 3. The first-order chi connectivity index (χ1) is 33.3. The summed E-state index contributed by atoms with van der Waals surface area (Å²) in [5, 5.41) is 4.88. The summed E-state index contributed by atoms with van der Waals surface area (Å²) in [7, 11) is 0. The van der Waals surface area contributed by atoms with Crippen LogP contribution in [0.3, 0.4) is 0 Å². The zero-order valence-electron chi connectivity index (χ0n) is 37.4. The van der Waals surface area contributed by atoms with E-state index in [2.05, 4.69) is 235 Å². The summed E-state index contributed by atoms with van der Waals surface area (Å²) in [6, 6.07) is 85.3. The van der Waals surface area contributed by atoms with E-state index >= 15 is 0 Å². The fraction of sp³-hybridized carbons (Fsp3) is 0.108. The molecule has 1 aromatic heterocycles. The molecule has 0 aliphatic heterocycles. The maximum absolute atomic E-state index is 6.97. The first kappa shape index (κ1) is 39.4. The summed E-state index contributed by atoms with van der Waals surface area (Å²) in [4.78, 5) is 2.50. The van der Waals surface area contributed by atoms with Crippen molar-refractivity contribution in [2.75, 3.05) is 4.90 Å². The van der Waals surface area contributed by atoms with Gasteiger partial charge in [-0.05, 0) is 104 Å². The molecule has 2 aliphatic rings. The highest BCUT2D eigenvalue weighted by Gasteiger charge is 2.47. The number of furan rings is 1. The molecule has 0 unspecified atom stereocenters. The average molecular weight is 860 g/mol. The predicted molar refractivity (Wildman–Crippen MR) is 280 cm³/mol. The van der Waals surface area contributed by atoms with Gasteiger partial charge in [0.25, 0.3) is 0 Å². The number of nitrogens with zero attached hydrogens (tertiary/aromatic N) is 1. The van der Waals surface area contributed by atoms with Crippen molar-refractivity contribution >= 4 is 49.8 Å². The molecular formula is C65H49NO. The van der Waals surface area contributed by atoms with Crippen molar-refractivity contribution in [2.24, 2.45) is 0 Å². The molecule has 1 heterocycles. The third-order valence-corrected chi connectivity index (χ3v) is 15.0. The van der Waals surface area contributed by atoms with Gasteiger partial charge in [-0.1, -0.05) is 226 Å². The molecule has 0 bridgehead atoms. The zero-order valence-corrected chi connectivity index (χ0v) is 37.4. The largest absolute Gasteiger partial charge is 0.454 e. The molecular weight excluding hydrogens is 811 g/mol. The molecule has 0 amide bonds. The van der Waals surface area contributed by atoms with E-state index in [1.165, 1.54) is 98.5 Å². The van der Waals surface area contributed by atoms with Crippen molar-refractivity contribution in [3.63, 3.8) is 0 Å². The predicted octanol–water partition coefficient (Wildman–Crippen LogP) is 18.0. The van der Waals surface area contributed by atoms with Crippen LogP contribution in [0.4, 0.5) is 17.1 Å². The van der Waals surface area contributed by atoms with E-state index in [-0.39, 0.29) is 0 Å². The van der Waals surface area contributed by atoms with Gasteiger partial charge in [0, 0.05) is 21.9 Å². The van der Waals surface area contributed by atoms with Gasteiger partial charge < -0.3 is 9.32 Å². The number of benzene rings is 10. The highest BCUT2D eigenvalue weighted by Crippen LogP contribution is 2.59. The molecule has 2 nitrogen and oxygen atoms in total. The fourth-order valence-electron chi connectivity index (χ4n) is 12.2. The molecule has 2 aliphatic carbocycles. The lowest BCUT2D eigenvalue weighted by Gasteiger charge is -2.34. The monoisotopic (exact) mass is 859 g/mol. The highest BCUT2D eigenvalue weighted by molar-refractivity contribution is 6.12. The van der Waals surface area contributed by atoms with E-state index in [4.69, 9.17) is 4.42 Å². The third kappa shape index (κ3) is 6.16. The first-order valence-electron chi connectivity index (χ1n) is 24.0. The van der Waals surface area contributed by atoms with Crippen LogP contribution in [0.5, 0.6) is 0 Å². The average Bonchev–Trinajstić information content (AvgIpc) is 3.94. The molecule has 10 aromatic carbocycles. The smallest absolute Gasteiger partial charge is 0.159 e. The van der Waals surface area contributed by atoms with Crippen LogP contribution < -0.4 is 4.90 Å². The van der Waals surface area contributed by atoms with Gasteiger partial charge in [-0.15, -0.1) is 0 Å². The van der Waals surface area contributed by atoms with Crippen molar-refractivity contribution in [1.82, 2.24) is 0 Å². The lowest BCUT2D eigenvalue weighted by atomic mass is 9.67. The minimum absolute atomic E-state index is 0.518. The van der Waals surface area contributed by atoms with Crippen LogP contribution >= 0.6 is 0 Å². The summed E-state index contributed by atoms with van der Waals surface area (Å²) in [6.07, 6.45) is 6.38. The molecule has 13 rings (SSSR count). The Labute approximate surface area is 392 Å². The number of rotatable bonds is 8. The molecule has 320 valence electrons. The first-order valence-corrected chi connectivity index (χ1v) is 24.0. The Hall–Kier alpha value is -7.94. The van der Waals surface area contributed by atoms with E-state index in [0.717, 1.165) is 44.6 Å². The molecule has 0 atom stereocenters. The van der Waals surface area contributed by atoms with Crippen LogP contribution in [0.15, 0.2) is 235 Å². The van der Waals surface area contributed by atoms with Crippen LogP contribution in [0.25, 0.3) is 66.1 Å². The van der Waals surface area contributed by atoms with Crippen LogP contribution in [0, 0.1) is 0 Å². The lowest BCUT2D eigenvalue weighted by Crippen LogP contribution is -2.28. The van der Waals surface area contributed by atoms with Gasteiger partial charge in [-0.25, -0.2) is 0 Å². The summed E-state index contributed by atoms with van der Waals surface area (Å²) >= 11 is 0. The molecule has 0 saturated heterocycles. The van der Waals surface area contributed by atoms with E-state index in [1.807, 2.05) is 0 Å². The molecule has 0 radical (unpaired) electrons. The summed E-state index contributed by atoms with van der Waals surface area (Å²) in [5.41, 5.74) is 18.3. The van der Waals surface area contributed by atoms with Crippen LogP contribution in [-0.4, -0.2) is 0 Å². The van der Waals surface area contributed by atoms with E-state index in [9.17, 15) is 0 Å². The van der Waals surface area contributed by atoms with Gasteiger partial charge in [0.2, 0.25) is 0 Å². The summed E-state index contributed by atoms with van der Waals surface area (Å²) in [6.45, 7) is 0. The number of hydrogen-bond donors (Lipinski definition) is 0. The van der Waals surface area contributed by atoms with Crippen LogP contribution in [0.1, 0.15) is 65.8 Å². The minimum atomic E-state index is -0.518. The third-order valence-electron chi connectivity index (χ3n) is 15.0. The zero-order chi connectivity index (χ0) is 44.3. The second-order valence-electron chi connectivity index (χ2n) is 18.5. The molecule has 1 fully saturated rings. The topological polar surface area (TPSA) is 16.4 Å². The van der Waals surface area contributed by atoms with Gasteiger partial charge in [0.05, 0.1) is 22.5 Å². The number of hydrogen-bond acceptors (Lipinski definition) is 2. The Balaban J connectivity index is 1.10. The SMILES string of the molecule is c1ccc(C2(c3ccccc3)c3ccccc3-c3c(-c4ccccc4N(c4ccccc4-c4cccc5cccc(C6CCCCC6)c45)c4cccc5c4oc4ccccc45)cccc32)cc1. The standard InChI is InChI=1S/C65H49NO/c1-4-22-44(23-5-1)48-34-18-24-45-25-19-35-52(62(45)48)49-30-11-15-40-58(49)66(60-42-21-37-54-51-32-13-17-43-61(51)67-64(54)60)59-41-16-12-31-50(59)53-36-20-39-57-63(53)55-33-10-14-38-56(55)65(57,46-26-6-2-7-27-46)47-28-8-3-9-29-47/h2-3,6-21,24-44H,1,4-5,22-23H2. The normalized spacial score (nSPS) is 14.3. The fourth-order valence-corrected chi connectivity index (χ4v) is 12.2. The van der Waals surface area contributed by atoms with E-state index < -0.39 is 5.41 Å². The molecule has 11 aromatic rings. The van der Waals surface area contributed by atoms with Gasteiger partial charge in [0.15, 0.2) is 5.58 Å². The molecule has 1 saturated carbocycles. The maximum atomic E-state index is 6.97. The van der Waals surface area contributed by atoms with Crippen molar-refractivity contribution in [3.8, 4) is 33.4 Å². The van der Waals surface area contributed by atoms with Crippen molar-refractivity contribution in [3.05, 3.63) is 258 Å². The Kier molecular flexibility index (Phi) is 9.53. The van der Waals surface area contributed by atoms with Gasteiger partial charge in [-0.3, -0.25) is 0 Å². The molecule has 67 heavy (non-hydrogen) atoms. The van der Waals surface area contributed by atoms with Crippen molar-refractivity contribution in [1.29, 1.82) is 0 Å². The maximum Gasteiger partial charge on any atom is 0.159 e. The van der Waals surface area contributed by atoms with Crippen molar-refractivity contribution < 1.29 is 4.42 Å². The summed E-state index contributed by atoms with van der Waals surface area (Å²) < 4.78 is 6.97. The lowest BCUT2D eigenvalue weighted by molar-refractivity contribution is 0.445. The number of fused-ring (bicyclic) bond motifs is 7. The van der Waals surface area contributed by atoms with Gasteiger partial charge in [-0.2, -0.15) is 0 Å². The summed E-state index contributed by atoms with van der Waals surface area (Å²) in [5.74, 6) is 0.550. The van der Waals surface area contributed by atoms with Gasteiger partial charge in [0.1, 0.15) is 5.58 Å². The second kappa shape index (κ2) is 16.2. The van der Waals surface area contributed by atoms with Gasteiger partial charge >= 0.3 is 0 Å².